The van der Waals surface area contributed by atoms with Crippen molar-refractivity contribution in [1.29, 1.82) is 0 Å². The number of nitrogens with zero attached hydrogens (tertiary/aromatic N) is 2. The molecule has 0 saturated heterocycles. The second-order valence-electron chi connectivity index (χ2n) is 6.86. The molecule has 0 aliphatic heterocycles. The van der Waals surface area contributed by atoms with Crippen LogP contribution in [-0.4, -0.2) is 24.2 Å². The minimum Gasteiger partial charge on any atom is -0.324 e. The number of ketones is 1. The van der Waals surface area contributed by atoms with E-state index in [1.165, 1.54) is 6.92 Å². The highest BCUT2D eigenvalue weighted by atomic mass is 32.2. The molecule has 0 unspecified atom stereocenters. The van der Waals surface area contributed by atoms with Gasteiger partial charge >= 0.3 is 0 Å². The second-order valence-corrected chi connectivity index (χ2v) is 8.81. The molecule has 0 fully saturated rings. The van der Waals surface area contributed by atoms with Gasteiger partial charge in [-0.2, -0.15) is 0 Å². The van der Waals surface area contributed by atoms with Crippen LogP contribution in [0, 0.1) is 0 Å². The molecule has 0 aliphatic rings. The van der Waals surface area contributed by atoms with Crippen LogP contribution in [0.3, 0.4) is 0 Å². The molecule has 0 spiro atoms. The summed E-state index contributed by atoms with van der Waals surface area (Å²) < 4.78 is 25.5. The van der Waals surface area contributed by atoms with Gasteiger partial charge in [-0.1, -0.05) is 30.3 Å². The first-order chi connectivity index (χ1) is 14.9. The number of nitrogens with one attached hydrogen (secondary N) is 1. The molecule has 1 N–H and O–H groups in total. The van der Waals surface area contributed by atoms with E-state index in [0.29, 0.717) is 17.2 Å². The summed E-state index contributed by atoms with van der Waals surface area (Å²) in [7, 11) is -3.57. The third kappa shape index (κ3) is 4.51. The fourth-order valence-electron chi connectivity index (χ4n) is 3.04. The summed E-state index contributed by atoms with van der Waals surface area (Å²) in [5, 5.41) is 3.11. The number of anilines is 2. The van der Waals surface area contributed by atoms with E-state index in [0.717, 1.165) is 11.3 Å². The van der Waals surface area contributed by atoms with Crippen molar-refractivity contribution in [1.82, 2.24) is 9.97 Å². The van der Waals surface area contributed by atoms with Crippen LogP contribution in [0.4, 0.5) is 11.6 Å². The molecule has 0 aliphatic carbocycles. The van der Waals surface area contributed by atoms with Gasteiger partial charge in [0.2, 0.25) is 15.8 Å². The van der Waals surface area contributed by atoms with Gasteiger partial charge in [0.05, 0.1) is 15.5 Å². The molecule has 0 atom stereocenters. The Morgan fingerprint density at radius 3 is 2.10 bits per heavy atom. The summed E-state index contributed by atoms with van der Waals surface area (Å²) in [4.78, 5) is 20.6. The van der Waals surface area contributed by atoms with E-state index >= 15 is 0 Å². The van der Waals surface area contributed by atoms with Crippen molar-refractivity contribution in [2.45, 2.75) is 16.7 Å². The highest BCUT2D eigenvalue weighted by molar-refractivity contribution is 7.91. The third-order valence-electron chi connectivity index (χ3n) is 4.72. The van der Waals surface area contributed by atoms with Gasteiger partial charge in [0.25, 0.3) is 0 Å². The second kappa shape index (κ2) is 8.49. The van der Waals surface area contributed by atoms with Crippen LogP contribution in [-0.2, 0) is 9.84 Å². The molecule has 0 saturated carbocycles. The van der Waals surface area contributed by atoms with Crippen LogP contribution >= 0.6 is 0 Å². The third-order valence-corrected chi connectivity index (χ3v) is 6.50. The number of benzene rings is 3. The molecule has 6 nitrogen and oxygen atoms in total. The average Bonchev–Trinajstić information content (AvgIpc) is 2.80. The SMILES string of the molecule is CC(=O)c1ccc(Nc2nccc(-c3ccc(S(=O)(=O)c4ccccc4)cc3)n2)cc1. The molecule has 1 heterocycles. The lowest BCUT2D eigenvalue weighted by Gasteiger charge is -2.08. The molecule has 154 valence electrons. The molecule has 1 aromatic heterocycles. The molecule has 0 bridgehead atoms. The molecular formula is C24H19N3O3S. The zero-order chi connectivity index (χ0) is 21.8. The lowest BCUT2D eigenvalue weighted by Crippen LogP contribution is -2.02. The summed E-state index contributed by atoms with van der Waals surface area (Å²) in [5.74, 6) is 0.400. The van der Waals surface area contributed by atoms with Crippen LogP contribution < -0.4 is 5.32 Å². The lowest BCUT2D eigenvalue weighted by molar-refractivity contribution is 0.101. The fourth-order valence-corrected chi connectivity index (χ4v) is 4.32. The van der Waals surface area contributed by atoms with Gasteiger partial charge in [-0.15, -0.1) is 0 Å². The van der Waals surface area contributed by atoms with Crippen LogP contribution in [0.25, 0.3) is 11.3 Å². The maximum Gasteiger partial charge on any atom is 0.227 e. The Kier molecular flexibility index (Phi) is 5.60. The first-order valence-corrected chi connectivity index (χ1v) is 11.0. The summed E-state index contributed by atoms with van der Waals surface area (Å²) >= 11 is 0. The van der Waals surface area contributed by atoms with Crippen LogP contribution in [0.1, 0.15) is 17.3 Å². The van der Waals surface area contributed by atoms with Crippen molar-refractivity contribution in [3.63, 3.8) is 0 Å². The number of hydrogen-bond donors (Lipinski definition) is 1. The van der Waals surface area contributed by atoms with Crippen LogP contribution in [0.5, 0.6) is 0 Å². The van der Waals surface area contributed by atoms with Crippen molar-refractivity contribution in [3.8, 4) is 11.3 Å². The van der Waals surface area contributed by atoms with Gasteiger partial charge in [-0.3, -0.25) is 4.79 Å². The van der Waals surface area contributed by atoms with Crippen molar-refractivity contribution in [2.75, 3.05) is 5.32 Å². The van der Waals surface area contributed by atoms with Gasteiger partial charge in [-0.05, 0) is 61.5 Å². The highest BCUT2D eigenvalue weighted by Gasteiger charge is 2.17. The van der Waals surface area contributed by atoms with Crippen molar-refractivity contribution >= 4 is 27.3 Å². The normalized spacial score (nSPS) is 11.1. The first kappa shape index (κ1) is 20.4. The summed E-state index contributed by atoms with van der Waals surface area (Å²) in [6.45, 7) is 1.52. The Labute approximate surface area is 180 Å². The molecule has 0 amide bonds. The molecule has 3 aromatic carbocycles. The summed E-state index contributed by atoms with van der Waals surface area (Å²) in [6.07, 6.45) is 1.63. The number of rotatable bonds is 6. The molecule has 4 rings (SSSR count). The lowest BCUT2D eigenvalue weighted by atomic mass is 10.1. The van der Waals surface area contributed by atoms with Gasteiger partial charge in [0.15, 0.2) is 5.78 Å². The zero-order valence-corrected chi connectivity index (χ0v) is 17.5. The van der Waals surface area contributed by atoms with E-state index in [1.54, 1.807) is 91.1 Å². The Morgan fingerprint density at radius 1 is 0.806 bits per heavy atom. The monoisotopic (exact) mass is 429 g/mol. The number of aromatic nitrogens is 2. The van der Waals surface area contributed by atoms with Gasteiger partial charge in [-0.25, -0.2) is 18.4 Å². The maximum atomic E-state index is 12.7. The number of carbonyl (C=O) groups is 1. The van der Waals surface area contributed by atoms with E-state index in [2.05, 4.69) is 15.3 Å². The van der Waals surface area contributed by atoms with Crippen molar-refractivity contribution in [3.05, 3.63) is 96.7 Å². The Bertz CT molecular complexity index is 1320. The van der Waals surface area contributed by atoms with E-state index in [-0.39, 0.29) is 15.6 Å². The highest BCUT2D eigenvalue weighted by Crippen LogP contribution is 2.25. The molecule has 4 aromatic rings. The number of sulfone groups is 1. The minimum atomic E-state index is -3.57. The van der Waals surface area contributed by atoms with Gasteiger partial charge in [0, 0.05) is 23.0 Å². The quantitative estimate of drug-likeness (QED) is 0.438. The predicted molar refractivity (Wildman–Crippen MR) is 119 cm³/mol. The zero-order valence-electron chi connectivity index (χ0n) is 16.7. The van der Waals surface area contributed by atoms with Crippen LogP contribution in [0.2, 0.25) is 0 Å². The van der Waals surface area contributed by atoms with E-state index in [1.807, 2.05) is 0 Å². The van der Waals surface area contributed by atoms with E-state index in [9.17, 15) is 13.2 Å². The molecule has 7 heteroatoms. The predicted octanol–water partition coefficient (Wildman–Crippen LogP) is 4.92. The Hall–Kier alpha value is -3.84. The fraction of sp³-hybridized carbons (Fsp3) is 0.0417. The molecule has 31 heavy (non-hydrogen) atoms. The van der Waals surface area contributed by atoms with Crippen molar-refractivity contribution in [2.24, 2.45) is 0 Å². The molecular weight excluding hydrogens is 410 g/mol. The number of hydrogen-bond acceptors (Lipinski definition) is 6. The maximum absolute atomic E-state index is 12.7. The number of Topliss-reactive ketones (excluding diaryl/α,β-unsaturated/α-hetero) is 1. The standard InChI is InChI=1S/C24H19N3O3S/c1-17(28)18-7-11-20(12-8-18)26-24-25-16-15-23(27-24)19-9-13-22(14-10-19)31(29,30)21-5-3-2-4-6-21/h2-16H,1H3,(H,25,26,27). The molecule has 0 radical (unpaired) electrons. The Morgan fingerprint density at radius 2 is 1.45 bits per heavy atom. The topological polar surface area (TPSA) is 89.0 Å². The average molecular weight is 430 g/mol. The van der Waals surface area contributed by atoms with E-state index < -0.39 is 9.84 Å². The van der Waals surface area contributed by atoms with Crippen LogP contribution in [0.15, 0.2) is 101 Å². The largest absolute Gasteiger partial charge is 0.324 e. The smallest absolute Gasteiger partial charge is 0.227 e. The summed E-state index contributed by atoms with van der Waals surface area (Å²) in [6, 6.07) is 23.7. The first-order valence-electron chi connectivity index (χ1n) is 9.55. The van der Waals surface area contributed by atoms with E-state index in [4.69, 9.17) is 0 Å². The minimum absolute atomic E-state index is 0.00234. The van der Waals surface area contributed by atoms with Gasteiger partial charge < -0.3 is 5.32 Å². The van der Waals surface area contributed by atoms with Gasteiger partial charge in [0.1, 0.15) is 0 Å². The Balaban J connectivity index is 1.56. The summed E-state index contributed by atoms with van der Waals surface area (Å²) in [5.41, 5.74) is 2.81. The van der Waals surface area contributed by atoms with Crippen molar-refractivity contribution < 1.29 is 13.2 Å². The number of carbonyl (C=O) groups excluding carboxylic acids is 1.